The number of pyridine rings is 1. The lowest BCUT2D eigenvalue weighted by Crippen LogP contribution is -2.35. The van der Waals surface area contributed by atoms with E-state index in [1.165, 1.54) is 5.56 Å². The van der Waals surface area contributed by atoms with Crippen LogP contribution in [0, 0.1) is 0 Å². The van der Waals surface area contributed by atoms with Crippen LogP contribution in [0.2, 0.25) is 5.02 Å². The zero-order valence-corrected chi connectivity index (χ0v) is 16.1. The molecule has 2 heterocycles. The Kier molecular flexibility index (Phi) is 5.30. The number of fused-ring (bicyclic) bond motifs is 1. The van der Waals surface area contributed by atoms with Crippen LogP contribution in [-0.2, 0) is 6.54 Å². The van der Waals surface area contributed by atoms with Crippen molar-refractivity contribution in [3.63, 3.8) is 0 Å². The molecule has 3 aromatic rings. The maximum atomic E-state index is 9.78. The summed E-state index contributed by atoms with van der Waals surface area (Å²) < 4.78 is 5.36. The maximum absolute atomic E-state index is 9.78. The van der Waals surface area contributed by atoms with Crippen molar-refractivity contribution in [3.05, 3.63) is 59.1 Å². The number of methoxy groups -OCH3 is 1. The van der Waals surface area contributed by atoms with Crippen molar-refractivity contribution < 1.29 is 9.84 Å². The number of aliphatic hydroxyl groups is 1. The fraction of sp³-hybridized carbons (Fsp3) is 0.318. The van der Waals surface area contributed by atoms with Gasteiger partial charge in [0.1, 0.15) is 5.75 Å². The lowest BCUT2D eigenvalue weighted by Gasteiger charge is -2.30. The number of likely N-dealkylation sites (tertiary alicyclic amines) is 1. The molecule has 4 rings (SSSR count). The molecule has 5 heteroatoms. The van der Waals surface area contributed by atoms with Gasteiger partial charge in [0, 0.05) is 41.7 Å². The summed E-state index contributed by atoms with van der Waals surface area (Å²) in [4.78, 5) is 7.35. The average molecular weight is 383 g/mol. The molecule has 1 saturated heterocycles. The van der Waals surface area contributed by atoms with Crippen LogP contribution >= 0.6 is 11.6 Å². The molecular weight excluding hydrogens is 360 g/mol. The highest BCUT2D eigenvalue weighted by atomic mass is 35.5. The molecule has 1 aliphatic heterocycles. The van der Waals surface area contributed by atoms with Crippen LogP contribution in [0.25, 0.3) is 22.2 Å². The van der Waals surface area contributed by atoms with Gasteiger partial charge in [0.15, 0.2) is 0 Å². The molecule has 4 nitrogen and oxygen atoms in total. The third-order valence-corrected chi connectivity index (χ3v) is 5.42. The SMILES string of the molecule is COc1ccc2cc(CN3CCC(O)CC3)c(-c3ccc(Cl)cc3)nc2c1. The number of rotatable bonds is 4. The number of aliphatic hydroxyl groups excluding tert-OH is 1. The Hall–Kier alpha value is -2.14. The average Bonchev–Trinajstić information content (AvgIpc) is 2.69. The predicted molar refractivity (Wildman–Crippen MR) is 109 cm³/mol. The zero-order chi connectivity index (χ0) is 18.8. The Labute approximate surface area is 164 Å². The Bertz CT molecular complexity index is 935. The second kappa shape index (κ2) is 7.85. The first kappa shape index (κ1) is 18.2. The quantitative estimate of drug-likeness (QED) is 0.720. The Morgan fingerprint density at radius 2 is 1.85 bits per heavy atom. The molecule has 0 saturated carbocycles. The van der Waals surface area contributed by atoms with E-state index in [-0.39, 0.29) is 6.10 Å². The molecule has 2 aromatic carbocycles. The number of piperidine rings is 1. The molecule has 0 spiro atoms. The standard InChI is InChI=1S/C22H23ClN2O2/c1-27-20-7-4-16-12-17(14-25-10-8-19(26)9-11-25)22(24-21(16)13-20)15-2-5-18(23)6-3-15/h2-7,12-13,19,26H,8-11,14H2,1H3. The van der Waals surface area contributed by atoms with Crippen molar-refractivity contribution in [3.8, 4) is 17.0 Å². The number of ether oxygens (including phenoxy) is 1. The smallest absolute Gasteiger partial charge is 0.121 e. The molecule has 27 heavy (non-hydrogen) atoms. The first-order valence-corrected chi connectivity index (χ1v) is 9.64. The number of nitrogens with zero attached hydrogens (tertiary/aromatic N) is 2. The highest BCUT2D eigenvalue weighted by Crippen LogP contribution is 2.30. The molecule has 1 N–H and O–H groups in total. The van der Waals surface area contributed by atoms with E-state index in [1.54, 1.807) is 7.11 Å². The van der Waals surface area contributed by atoms with E-state index in [1.807, 2.05) is 36.4 Å². The van der Waals surface area contributed by atoms with Crippen LogP contribution in [0.5, 0.6) is 5.75 Å². The molecule has 0 radical (unpaired) electrons. The van der Waals surface area contributed by atoms with Gasteiger partial charge in [0.2, 0.25) is 0 Å². The van der Waals surface area contributed by atoms with Gasteiger partial charge in [-0.2, -0.15) is 0 Å². The summed E-state index contributed by atoms with van der Waals surface area (Å²) in [6, 6.07) is 16.0. The Balaban J connectivity index is 1.76. The summed E-state index contributed by atoms with van der Waals surface area (Å²) in [6.07, 6.45) is 1.49. The van der Waals surface area contributed by atoms with Crippen molar-refractivity contribution in [2.75, 3.05) is 20.2 Å². The van der Waals surface area contributed by atoms with Crippen molar-refractivity contribution in [2.24, 2.45) is 0 Å². The highest BCUT2D eigenvalue weighted by Gasteiger charge is 2.19. The van der Waals surface area contributed by atoms with Gasteiger partial charge in [-0.3, -0.25) is 4.90 Å². The molecule has 0 bridgehead atoms. The van der Waals surface area contributed by atoms with E-state index in [2.05, 4.69) is 17.0 Å². The minimum absolute atomic E-state index is 0.167. The van der Waals surface area contributed by atoms with Crippen molar-refractivity contribution >= 4 is 22.5 Å². The first-order valence-electron chi connectivity index (χ1n) is 9.26. The van der Waals surface area contributed by atoms with Gasteiger partial charge in [0.25, 0.3) is 0 Å². The third kappa shape index (κ3) is 4.08. The first-order chi connectivity index (χ1) is 13.1. The van der Waals surface area contributed by atoms with Crippen LogP contribution in [0.3, 0.4) is 0 Å². The Morgan fingerprint density at radius 3 is 2.56 bits per heavy atom. The fourth-order valence-corrected chi connectivity index (χ4v) is 3.74. The van der Waals surface area contributed by atoms with Crippen molar-refractivity contribution in [1.29, 1.82) is 0 Å². The van der Waals surface area contributed by atoms with E-state index >= 15 is 0 Å². The van der Waals surface area contributed by atoms with Gasteiger partial charge >= 0.3 is 0 Å². The van der Waals surface area contributed by atoms with Gasteiger partial charge < -0.3 is 9.84 Å². The van der Waals surface area contributed by atoms with Crippen LogP contribution < -0.4 is 4.74 Å². The molecule has 1 aliphatic rings. The number of benzene rings is 2. The van der Waals surface area contributed by atoms with Crippen LogP contribution in [0.1, 0.15) is 18.4 Å². The molecule has 1 fully saturated rings. The van der Waals surface area contributed by atoms with E-state index in [0.29, 0.717) is 5.02 Å². The molecule has 0 aliphatic carbocycles. The fourth-order valence-electron chi connectivity index (χ4n) is 3.61. The highest BCUT2D eigenvalue weighted by molar-refractivity contribution is 6.30. The number of halogens is 1. The van der Waals surface area contributed by atoms with Crippen LogP contribution in [0.4, 0.5) is 0 Å². The summed E-state index contributed by atoms with van der Waals surface area (Å²) in [7, 11) is 1.67. The van der Waals surface area contributed by atoms with E-state index in [4.69, 9.17) is 21.3 Å². The van der Waals surface area contributed by atoms with Crippen LogP contribution in [-0.4, -0.2) is 41.3 Å². The van der Waals surface area contributed by atoms with Gasteiger partial charge in [-0.1, -0.05) is 23.7 Å². The number of hydrogen-bond donors (Lipinski definition) is 1. The molecule has 0 amide bonds. The number of hydrogen-bond acceptors (Lipinski definition) is 4. The van der Waals surface area contributed by atoms with Gasteiger partial charge in [-0.15, -0.1) is 0 Å². The summed E-state index contributed by atoms with van der Waals surface area (Å²) in [6.45, 7) is 2.63. The van der Waals surface area contributed by atoms with Gasteiger partial charge in [-0.25, -0.2) is 4.98 Å². The third-order valence-electron chi connectivity index (χ3n) is 5.17. The molecule has 140 valence electrons. The van der Waals surface area contributed by atoms with Crippen molar-refractivity contribution in [1.82, 2.24) is 9.88 Å². The molecular formula is C22H23ClN2O2. The zero-order valence-electron chi connectivity index (χ0n) is 15.4. The van der Waals surface area contributed by atoms with Crippen LogP contribution in [0.15, 0.2) is 48.5 Å². The van der Waals surface area contributed by atoms with Gasteiger partial charge in [-0.05, 0) is 48.7 Å². The summed E-state index contributed by atoms with van der Waals surface area (Å²) >= 11 is 6.07. The molecule has 1 aromatic heterocycles. The lowest BCUT2D eigenvalue weighted by atomic mass is 10.0. The Morgan fingerprint density at radius 1 is 1.11 bits per heavy atom. The van der Waals surface area contributed by atoms with Gasteiger partial charge in [0.05, 0.1) is 24.4 Å². The largest absolute Gasteiger partial charge is 0.497 e. The van der Waals surface area contributed by atoms with E-state index < -0.39 is 0 Å². The predicted octanol–water partition coefficient (Wildman–Crippen LogP) is 4.52. The minimum atomic E-state index is -0.167. The summed E-state index contributed by atoms with van der Waals surface area (Å²) in [5.41, 5.74) is 4.12. The second-order valence-electron chi connectivity index (χ2n) is 7.07. The van der Waals surface area contributed by atoms with E-state index in [9.17, 15) is 5.11 Å². The van der Waals surface area contributed by atoms with E-state index in [0.717, 1.165) is 60.4 Å². The monoisotopic (exact) mass is 382 g/mol. The number of aromatic nitrogens is 1. The summed E-state index contributed by atoms with van der Waals surface area (Å²) in [5, 5.41) is 11.6. The topological polar surface area (TPSA) is 45.6 Å². The molecule has 0 atom stereocenters. The second-order valence-corrected chi connectivity index (χ2v) is 7.51. The normalized spacial score (nSPS) is 16.0. The molecule has 0 unspecified atom stereocenters. The lowest BCUT2D eigenvalue weighted by molar-refractivity contribution is 0.0793. The maximum Gasteiger partial charge on any atom is 0.121 e. The van der Waals surface area contributed by atoms with Crippen molar-refractivity contribution in [2.45, 2.75) is 25.5 Å². The summed E-state index contributed by atoms with van der Waals surface area (Å²) in [5.74, 6) is 0.801. The minimum Gasteiger partial charge on any atom is -0.497 e.